The average Bonchev–Trinajstić information content (AvgIpc) is 2.76. The molecule has 0 aliphatic rings. The molecule has 0 unspecified atom stereocenters. The molecule has 4 radical (unpaired) electrons. The molecule has 0 fully saturated rings. The van der Waals surface area contributed by atoms with Crippen LogP contribution in [-0.2, 0) is 8.23 Å². The maximum Gasteiger partial charge on any atom is 0.359 e. The fourth-order valence-electron chi connectivity index (χ4n) is 4.26. The second kappa shape index (κ2) is 8.09. The molecule has 0 aliphatic carbocycles. The number of benzene rings is 5. The first-order valence-corrected chi connectivity index (χ1v) is 15.2. The minimum atomic E-state index is -1.20. The summed E-state index contributed by atoms with van der Waals surface area (Å²) in [6.45, 7) is 6.38. The fraction of sp³-hybridized carbons (Fsp3) is 0.120. The molecule has 2 nitrogen and oxygen atoms in total. The molecule has 5 aromatic carbocycles. The Labute approximate surface area is 183 Å². The van der Waals surface area contributed by atoms with E-state index in [4.69, 9.17) is 8.23 Å². The fourth-order valence-corrected chi connectivity index (χ4v) is 9.05. The molecule has 5 heteroatoms. The normalized spacial score (nSPS) is 12.2. The van der Waals surface area contributed by atoms with E-state index in [0.717, 1.165) is 0 Å². The number of hydrogen-bond donors (Lipinski definition) is 0. The van der Waals surface area contributed by atoms with Crippen molar-refractivity contribution in [2.75, 3.05) is 0 Å². The first-order valence-electron chi connectivity index (χ1n) is 10.1. The van der Waals surface area contributed by atoms with Crippen LogP contribution in [0.2, 0.25) is 19.6 Å². The number of hydrogen-bond acceptors (Lipinski definition) is 2. The topological polar surface area (TPSA) is 18.5 Å². The molecule has 0 aliphatic heterocycles. The van der Waals surface area contributed by atoms with Crippen LogP contribution in [0.1, 0.15) is 0 Å². The monoisotopic (exact) mass is 438 g/mol. The zero-order valence-corrected chi connectivity index (χ0v) is 20.3. The van der Waals surface area contributed by atoms with E-state index >= 15 is 0 Å². The highest BCUT2D eigenvalue weighted by molar-refractivity contribution is 6.75. The van der Waals surface area contributed by atoms with E-state index in [1.165, 1.54) is 48.3 Å². The van der Waals surface area contributed by atoms with Crippen molar-refractivity contribution in [2.45, 2.75) is 19.6 Å². The van der Waals surface area contributed by atoms with Gasteiger partial charge in [-0.2, -0.15) is 0 Å². The van der Waals surface area contributed by atoms with Gasteiger partial charge in [-0.25, -0.2) is 0 Å². The Hall–Kier alpha value is -2.29. The van der Waals surface area contributed by atoms with Gasteiger partial charge in [0.25, 0.3) is 0 Å². The molecule has 0 heterocycles. The third kappa shape index (κ3) is 3.53. The largest absolute Gasteiger partial charge is 0.436 e. The van der Waals surface area contributed by atoms with Crippen LogP contribution in [0, 0.1) is 0 Å². The minimum absolute atomic E-state index is 0.481. The van der Waals surface area contributed by atoms with Crippen molar-refractivity contribution in [3.05, 3.63) is 78.9 Å². The summed E-state index contributed by atoms with van der Waals surface area (Å²) in [6.07, 6.45) is 0. The van der Waals surface area contributed by atoms with E-state index in [1.807, 2.05) is 0 Å². The van der Waals surface area contributed by atoms with Crippen LogP contribution in [0.5, 0.6) is 0 Å². The van der Waals surface area contributed by atoms with Crippen LogP contribution in [0.3, 0.4) is 0 Å². The van der Waals surface area contributed by atoms with Gasteiger partial charge in [0.2, 0.25) is 18.8 Å². The summed E-state index contributed by atoms with van der Waals surface area (Å²) in [5.41, 5.74) is 0. The predicted octanol–water partition coefficient (Wildman–Crippen LogP) is 5.95. The van der Waals surface area contributed by atoms with E-state index in [9.17, 15) is 0 Å². The van der Waals surface area contributed by atoms with E-state index in [1.54, 1.807) is 0 Å². The Morgan fingerprint density at radius 3 is 1.97 bits per heavy atom. The number of rotatable bonds is 5. The average molecular weight is 439 g/mol. The molecular formula is C25H22O2Si3. The van der Waals surface area contributed by atoms with Gasteiger partial charge in [0.05, 0.1) is 0 Å². The van der Waals surface area contributed by atoms with Crippen molar-refractivity contribution in [2.24, 2.45) is 0 Å². The van der Waals surface area contributed by atoms with Gasteiger partial charge in [0.15, 0.2) is 0 Å². The lowest BCUT2D eigenvalue weighted by Crippen LogP contribution is -2.37. The van der Waals surface area contributed by atoms with Crippen molar-refractivity contribution in [1.29, 1.82) is 0 Å². The molecule has 30 heavy (non-hydrogen) atoms. The lowest BCUT2D eigenvalue weighted by Gasteiger charge is -2.18. The molecule has 0 saturated carbocycles. The minimum Gasteiger partial charge on any atom is -0.436 e. The van der Waals surface area contributed by atoms with Gasteiger partial charge in [-0.05, 0) is 92.2 Å². The van der Waals surface area contributed by atoms with Crippen LogP contribution in [0.4, 0.5) is 0 Å². The Morgan fingerprint density at radius 2 is 1.23 bits per heavy atom. The van der Waals surface area contributed by atoms with Gasteiger partial charge in [-0.15, -0.1) is 0 Å². The van der Waals surface area contributed by atoms with Crippen LogP contribution in [0.25, 0.3) is 43.1 Å². The molecule has 5 aromatic rings. The molecule has 0 aromatic heterocycles. The van der Waals surface area contributed by atoms with Crippen LogP contribution in [-0.4, -0.2) is 28.1 Å². The molecule has 0 N–H and O–H groups in total. The highest BCUT2D eigenvalue weighted by Gasteiger charge is 2.19. The van der Waals surface area contributed by atoms with E-state index in [-0.39, 0.29) is 0 Å². The quantitative estimate of drug-likeness (QED) is 0.192. The van der Waals surface area contributed by atoms with Crippen LogP contribution in [0.15, 0.2) is 78.9 Å². The van der Waals surface area contributed by atoms with E-state index < -0.39 is 18.3 Å². The van der Waals surface area contributed by atoms with Crippen molar-refractivity contribution < 1.29 is 8.23 Å². The third-order valence-corrected chi connectivity index (χ3v) is 11.2. The zero-order chi connectivity index (χ0) is 20.7. The Kier molecular flexibility index (Phi) is 5.30. The van der Waals surface area contributed by atoms with Crippen LogP contribution >= 0.6 is 0 Å². The van der Waals surface area contributed by atoms with Gasteiger partial charge < -0.3 is 8.23 Å². The highest BCUT2D eigenvalue weighted by Crippen LogP contribution is 2.32. The number of fused-ring (bicyclic) bond motifs is 5. The maximum atomic E-state index is 6.33. The third-order valence-electron chi connectivity index (χ3n) is 5.62. The molecule has 0 bridgehead atoms. The SMILES string of the molecule is C[Si]O[Si](C)O[Si](C)c1cccc2cc3ccc4cc5ccccc5cc4c3cc12. The summed E-state index contributed by atoms with van der Waals surface area (Å²) in [5.74, 6) is 0. The van der Waals surface area contributed by atoms with Crippen molar-refractivity contribution in [1.82, 2.24) is 0 Å². The molecule has 146 valence electrons. The standard InChI is InChI=1S/C25H22O2Si3/c1-28-26-30(3)27-29(2)25-10-6-9-19-14-21-12-11-20-13-17-7-4-5-8-18(17)15-22(20)23(21)16-24(19)25/h4-16H,1-3H3. The molecule has 0 amide bonds. The molecular weight excluding hydrogens is 417 g/mol. The van der Waals surface area contributed by atoms with Crippen molar-refractivity contribution in [3.63, 3.8) is 0 Å². The lowest BCUT2D eigenvalue weighted by molar-refractivity contribution is 0.460. The first kappa shape index (κ1) is 19.7. The summed E-state index contributed by atoms with van der Waals surface area (Å²) in [6, 6.07) is 29.0. The Morgan fingerprint density at radius 1 is 0.633 bits per heavy atom. The van der Waals surface area contributed by atoms with Gasteiger partial charge in [0.1, 0.15) is 0 Å². The summed E-state index contributed by atoms with van der Waals surface area (Å²) in [7, 11) is -1.86. The molecule has 0 spiro atoms. The smallest absolute Gasteiger partial charge is 0.359 e. The zero-order valence-electron chi connectivity index (χ0n) is 17.3. The second-order valence-corrected chi connectivity index (χ2v) is 12.2. The van der Waals surface area contributed by atoms with Gasteiger partial charge in [-0.3, -0.25) is 0 Å². The van der Waals surface area contributed by atoms with E-state index in [0.29, 0.717) is 9.76 Å². The first-order chi connectivity index (χ1) is 14.6. The molecule has 5 rings (SSSR count). The van der Waals surface area contributed by atoms with Gasteiger partial charge in [0, 0.05) is 0 Å². The Bertz CT molecular complexity index is 1380. The summed E-state index contributed by atoms with van der Waals surface area (Å²) in [5, 5.41) is 11.6. The van der Waals surface area contributed by atoms with Crippen molar-refractivity contribution >= 4 is 76.4 Å². The van der Waals surface area contributed by atoms with Crippen LogP contribution < -0.4 is 5.19 Å². The van der Waals surface area contributed by atoms with Crippen molar-refractivity contribution in [3.8, 4) is 0 Å². The summed E-state index contributed by atoms with van der Waals surface area (Å²) in [4.78, 5) is 0. The second-order valence-electron chi connectivity index (χ2n) is 7.54. The maximum absolute atomic E-state index is 6.33. The Balaban J connectivity index is 1.72. The highest BCUT2D eigenvalue weighted by atomic mass is 28.4. The summed E-state index contributed by atoms with van der Waals surface area (Å²) >= 11 is 0. The van der Waals surface area contributed by atoms with Gasteiger partial charge >= 0.3 is 9.28 Å². The molecule has 0 saturated heterocycles. The summed E-state index contributed by atoms with van der Waals surface area (Å²) < 4.78 is 12.1. The predicted molar refractivity (Wildman–Crippen MR) is 133 cm³/mol. The van der Waals surface area contributed by atoms with Gasteiger partial charge in [-0.1, -0.05) is 54.6 Å². The molecule has 0 atom stereocenters. The lowest BCUT2D eigenvalue weighted by atomic mass is 9.96. The van der Waals surface area contributed by atoms with E-state index in [2.05, 4.69) is 98.5 Å².